The first kappa shape index (κ1) is 15.9. The van der Waals surface area contributed by atoms with Crippen molar-refractivity contribution < 1.29 is 4.79 Å². The molecule has 0 aliphatic carbocycles. The summed E-state index contributed by atoms with van der Waals surface area (Å²) in [5.74, 6) is 0.786. The molecule has 1 aromatic carbocycles. The number of hydrogen-bond donors (Lipinski definition) is 1. The molecule has 0 radical (unpaired) electrons. The van der Waals surface area contributed by atoms with E-state index < -0.39 is 6.04 Å². The van der Waals surface area contributed by atoms with Crippen LogP contribution in [0.4, 0.5) is 0 Å². The number of carbonyl (C=O) groups excluding carboxylic acids is 1. The molecule has 0 aliphatic heterocycles. The van der Waals surface area contributed by atoms with Gasteiger partial charge in [-0.05, 0) is 29.9 Å². The number of Topliss-reactive ketones (excluding diaryl/α,β-unsaturated/α-hetero) is 1. The van der Waals surface area contributed by atoms with Crippen molar-refractivity contribution >= 4 is 5.78 Å². The van der Waals surface area contributed by atoms with E-state index in [1.165, 1.54) is 5.56 Å². The molecule has 1 aromatic rings. The minimum atomic E-state index is -0.407. The first-order valence-electron chi connectivity index (χ1n) is 7.08. The molecule has 0 heterocycles. The van der Waals surface area contributed by atoms with Crippen molar-refractivity contribution in [3.63, 3.8) is 0 Å². The third kappa shape index (κ3) is 5.15. The lowest BCUT2D eigenvalue weighted by molar-refractivity contribution is -0.127. The Morgan fingerprint density at radius 1 is 1.05 bits per heavy atom. The molecule has 0 saturated carbocycles. The van der Waals surface area contributed by atoms with Gasteiger partial charge in [0.2, 0.25) is 0 Å². The zero-order valence-corrected chi connectivity index (χ0v) is 12.9. The first-order valence-corrected chi connectivity index (χ1v) is 7.08. The Kier molecular flexibility index (Phi) is 5.30. The smallest absolute Gasteiger partial charge is 0.155 e. The minimum absolute atomic E-state index is 0.124. The normalized spacial score (nSPS) is 13.6. The molecule has 2 nitrogen and oxygen atoms in total. The molecule has 0 amide bonds. The van der Waals surface area contributed by atoms with E-state index in [1.807, 2.05) is 20.8 Å². The number of ketones is 1. The average molecular weight is 261 g/mol. The maximum Gasteiger partial charge on any atom is 0.155 e. The van der Waals surface area contributed by atoms with E-state index in [-0.39, 0.29) is 11.2 Å². The fraction of sp³-hybridized carbons (Fsp3) is 0.588. The largest absolute Gasteiger partial charge is 0.321 e. The van der Waals surface area contributed by atoms with Crippen LogP contribution in [0, 0.1) is 11.3 Å². The summed E-state index contributed by atoms with van der Waals surface area (Å²) in [6, 6.07) is 8.06. The Morgan fingerprint density at radius 3 is 1.84 bits per heavy atom. The highest BCUT2D eigenvalue weighted by molar-refractivity contribution is 5.88. The van der Waals surface area contributed by atoms with E-state index in [0.29, 0.717) is 12.3 Å². The van der Waals surface area contributed by atoms with Crippen LogP contribution in [-0.4, -0.2) is 11.8 Å². The van der Waals surface area contributed by atoms with Gasteiger partial charge in [-0.3, -0.25) is 4.79 Å². The average Bonchev–Trinajstić information content (AvgIpc) is 2.28. The molecule has 2 N–H and O–H groups in total. The molecule has 1 rings (SSSR count). The second kappa shape index (κ2) is 6.33. The number of benzene rings is 1. The van der Waals surface area contributed by atoms with Gasteiger partial charge in [-0.15, -0.1) is 0 Å². The van der Waals surface area contributed by atoms with Gasteiger partial charge < -0.3 is 5.73 Å². The Labute approximate surface area is 117 Å². The fourth-order valence-electron chi connectivity index (χ4n) is 2.19. The van der Waals surface area contributed by atoms with Crippen LogP contribution in [0.1, 0.15) is 45.7 Å². The van der Waals surface area contributed by atoms with Gasteiger partial charge >= 0.3 is 0 Å². The molecule has 19 heavy (non-hydrogen) atoms. The van der Waals surface area contributed by atoms with Gasteiger partial charge in [-0.25, -0.2) is 0 Å². The van der Waals surface area contributed by atoms with E-state index >= 15 is 0 Å². The van der Waals surface area contributed by atoms with Crippen LogP contribution in [0.2, 0.25) is 0 Å². The summed E-state index contributed by atoms with van der Waals surface area (Å²) in [5.41, 5.74) is 8.12. The number of hydrogen-bond acceptors (Lipinski definition) is 2. The molecule has 1 unspecified atom stereocenters. The summed E-state index contributed by atoms with van der Waals surface area (Å²) < 4.78 is 0. The van der Waals surface area contributed by atoms with Crippen LogP contribution >= 0.6 is 0 Å². The molecular formula is C17H27NO. The monoisotopic (exact) mass is 261 g/mol. The summed E-state index contributed by atoms with van der Waals surface area (Å²) in [6.45, 7) is 10.2. The van der Waals surface area contributed by atoms with Crippen molar-refractivity contribution in [1.29, 1.82) is 0 Å². The Morgan fingerprint density at radius 2 is 1.47 bits per heavy atom. The number of carbonyl (C=O) groups is 1. The summed E-state index contributed by atoms with van der Waals surface area (Å²) in [4.78, 5) is 12.1. The van der Waals surface area contributed by atoms with Crippen molar-refractivity contribution in [2.75, 3.05) is 0 Å². The van der Waals surface area contributed by atoms with E-state index in [2.05, 4.69) is 38.1 Å². The van der Waals surface area contributed by atoms with Crippen LogP contribution in [0.3, 0.4) is 0 Å². The molecule has 0 aliphatic rings. The summed E-state index contributed by atoms with van der Waals surface area (Å²) in [6.07, 6.45) is 1.71. The Hall–Kier alpha value is -1.15. The highest BCUT2D eigenvalue weighted by atomic mass is 16.1. The van der Waals surface area contributed by atoms with Gasteiger partial charge in [-0.2, -0.15) is 0 Å². The Bertz CT molecular complexity index is 412. The van der Waals surface area contributed by atoms with Gasteiger partial charge in [0, 0.05) is 5.41 Å². The molecule has 0 spiro atoms. The zero-order valence-electron chi connectivity index (χ0n) is 12.9. The predicted molar refractivity (Wildman–Crippen MR) is 81.1 cm³/mol. The standard InChI is InChI=1S/C17H27NO/c1-12(2)10-13-6-8-14(9-7-13)11-15(18)16(19)17(3,4)5/h6-9,12,15H,10-11,18H2,1-5H3. The molecule has 0 bridgehead atoms. The third-order valence-electron chi connectivity index (χ3n) is 3.20. The van der Waals surface area contributed by atoms with E-state index in [9.17, 15) is 4.79 Å². The minimum Gasteiger partial charge on any atom is -0.321 e. The summed E-state index contributed by atoms with van der Waals surface area (Å²) in [5, 5.41) is 0. The second-order valence-electron chi connectivity index (χ2n) is 6.84. The lowest BCUT2D eigenvalue weighted by Crippen LogP contribution is -2.40. The van der Waals surface area contributed by atoms with E-state index in [4.69, 9.17) is 5.73 Å². The van der Waals surface area contributed by atoms with Gasteiger partial charge in [0.25, 0.3) is 0 Å². The fourth-order valence-corrected chi connectivity index (χ4v) is 2.19. The van der Waals surface area contributed by atoms with Crippen LogP contribution in [-0.2, 0) is 17.6 Å². The number of rotatable bonds is 5. The van der Waals surface area contributed by atoms with Crippen molar-refractivity contribution in [3.8, 4) is 0 Å². The first-order chi connectivity index (χ1) is 8.70. The molecule has 2 heteroatoms. The van der Waals surface area contributed by atoms with Crippen molar-refractivity contribution in [2.24, 2.45) is 17.1 Å². The summed E-state index contributed by atoms with van der Waals surface area (Å²) in [7, 11) is 0. The predicted octanol–water partition coefficient (Wildman–Crippen LogP) is 3.37. The van der Waals surface area contributed by atoms with Gasteiger partial charge in [-0.1, -0.05) is 58.9 Å². The van der Waals surface area contributed by atoms with Crippen molar-refractivity contribution in [3.05, 3.63) is 35.4 Å². The van der Waals surface area contributed by atoms with Crippen LogP contribution in [0.5, 0.6) is 0 Å². The molecule has 1 atom stereocenters. The quantitative estimate of drug-likeness (QED) is 0.883. The van der Waals surface area contributed by atoms with Crippen LogP contribution < -0.4 is 5.73 Å². The lowest BCUT2D eigenvalue weighted by Gasteiger charge is -2.21. The maximum absolute atomic E-state index is 12.1. The Balaban J connectivity index is 2.65. The molecule has 0 saturated heterocycles. The second-order valence-corrected chi connectivity index (χ2v) is 6.84. The molecular weight excluding hydrogens is 234 g/mol. The SMILES string of the molecule is CC(C)Cc1ccc(CC(N)C(=O)C(C)(C)C)cc1. The van der Waals surface area contributed by atoms with Crippen molar-refractivity contribution in [2.45, 2.75) is 53.5 Å². The highest BCUT2D eigenvalue weighted by Crippen LogP contribution is 2.18. The zero-order chi connectivity index (χ0) is 14.6. The van der Waals surface area contributed by atoms with Gasteiger partial charge in [0.05, 0.1) is 6.04 Å². The molecule has 0 aromatic heterocycles. The van der Waals surface area contributed by atoms with Crippen LogP contribution in [0.25, 0.3) is 0 Å². The third-order valence-corrected chi connectivity index (χ3v) is 3.20. The number of nitrogens with two attached hydrogens (primary N) is 1. The lowest BCUT2D eigenvalue weighted by atomic mass is 9.84. The van der Waals surface area contributed by atoms with Gasteiger partial charge in [0.15, 0.2) is 5.78 Å². The van der Waals surface area contributed by atoms with E-state index in [0.717, 1.165) is 12.0 Å². The highest BCUT2D eigenvalue weighted by Gasteiger charge is 2.26. The summed E-state index contributed by atoms with van der Waals surface area (Å²) >= 11 is 0. The van der Waals surface area contributed by atoms with Crippen LogP contribution in [0.15, 0.2) is 24.3 Å². The maximum atomic E-state index is 12.1. The van der Waals surface area contributed by atoms with E-state index in [1.54, 1.807) is 0 Å². The molecule has 106 valence electrons. The topological polar surface area (TPSA) is 43.1 Å². The van der Waals surface area contributed by atoms with Gasteiger partial charge in [0.1, 0.15) is 0 Å². The molecule has 0 fully saturated rings. The van der Waals surface area contributed by atoms with Crippen molar-refractivity contribution in [1.82, 2.24) is 0 Å².